The van der Waals surface area contributed by atoms with E-state index < -0.39 is 0 Å². The molecule has 0 saturated heterocycles. The molecule has 0 aliphatic carbocycles. The van der Waals surface area contributed by atoms with Crippen LogP contribution in [0.1, 0.15) is 26.7 Å². The van der Waals surface area contributed by atoms with Crippen LogP contribution in [0.15, 0.2) is 16.8 Å². The summed E-state index contributed by atoms with van der Waals surface area (Å²) in [5.41, 5.74) is 4.36. The van der Waals surface area contributed by atoms with Gasteiger partial charge in [0.2, 0.25) is 5.91 Å². The molecule has 1 aliphatic heterocycles. The van der Waals surface area contributed by atoms with E-state index in [0.717, 1.165) is 11.3 Å². The highest BCUT2D eigenvalue weighted by atomic mass is 16.3. The van der Waals surface area contributed by atoms with Crippen molar-refractivity contribution in [3.63, 3.8) is 0 Å². The third-order valence-electron chi connectivity index (χ3n) is 2.29. The Balaban J connectivity index is 2.56. The lowest BCUT2D eigenvalue weighted by Crippen LogP contribution is -2.31. The number of aliphatic hydroxyl groups excluding tert-OH is 1. The molecule has 78 valence electrons. The second-order valence-corrected chi connectivity index (χ2v) is 3.66. The van der Waals surface area contributed by atoms with Gasteiger partial charge in [0.1, 0.15) is 0 Å². The summed E-state index contributed by atoms with van der Waals surface area (Å²) in [6.45, 7) is 3.93. The average Bonchev–Trinajstić information content (AvgIpc) is 2.16. The number of allylic oxidation sites excluding steroid dienone is 1. The van der Waals surface area contributed by atoms with Gasteiger partial charge in [0, 0.05) is 24.5 Å². The topological polar surface area (TPSA) is 61.7 Å². The summed E-state index contributed by atoms with van der Waals surface area (Å²) in [5, 5.41) is 12.8. The fourth-order valence-electron chi connectivity index (χ4n) is 1.28. The van der Waals surface area contributed by atoms with E-state index in [1.54, 1.807) is 0 Å². The Hall–Kier alpha value is -1.16. The van der Waals surface area contributed by atoms with Crippen molar-refractivity contribution in [2.75, 3.05) is 6.61 Å². The molecule has 0 bridgehead atoms. The fourth-order valence-corrected chi connectivity index (χ4v) is 1.28. The molecule has 0 radical (unpaired) electrons. The number of nitrogens with one attached hydrogen (secondary N) is 1. The average molecular weight is 196 g/mol. The van der Waals surface area contributed by atoms with Crippen LogP contribution in [0.4, 0.5) is 0 Å². The molecule has 0 aromatic heterocycles. The molecule has 1 unspecified atom stereocenters. The van der Waals surface area contributed by atoms with Gasteiger partial charge in [0.05, 0.1) is 6.61 Å². The molecule has 1 aliphatic rings. The van der Waals surface area contributed by atoms with Crippen molar-refractivity contribution in [1.29, 1.82) is 0 Å². The van der Waals surface area contributed by atoms with Gasteiger partial charge in [-0.2, -0.15) is 5.10 Å². The van der Waals surface area contributed by atoms with Gasteiger partial charge >= 0.3 is 0 Å². The predicted octanol–water partition coefficient (Wildman–Crippen LogP) is 0.827. The fraction of sp³-hybridized carbons (Fsp3) is 0.600. The monoisotopic (exact) mass is 196 g/mol. The molecule has 2 N–H and O–H groups in total. The molecule has 0 fully saturated rings. The number of carbonyl (C=O) groups is 1. The van der Waals surface area contributed by atoms with Crippen LogP contribution in [-0.2, 0) is 4.79 Å². The van der Waals surface area contributed by atoms with E-state index in [-0.39, 0.29) is 18.4 Å². The summed E-state index contributed by atoms with van der Waals surface area (Å²) >= 11 is 0. The number of aliphatic hydroxyl groups is 1. The van der Waals surface area contributed by atoms with Crippen LogP contribution in [0.3, 0.4) is 0 Å². The van der Waals surface area contributed by atoms with Crippen LogP contribution in [0.25, 0.3) is 0 Å². The maximum atomic E-state index is 10.9. The van der Waals surface area contributed by atoms with Gasteiger partial charge < -0.3 is 5.11 Å². The summed E-state index contributed by atoms with van der Waals surface area (Å²) in [4.78, 5) is 10.9. The van der Waals surface area contributed by atoms with E-state index in [9.17, 15) is 4.79 Å². The van der Waals surface area contributed by atoms with Crippen molar-refractivity contribution in [3.8, 4) is 0 Å². The third kappa shape index (κ3) is 2.96. The third-order valence-corrected chi connectivity index (χ3v) is 2.29. The molecule has 1 heterocycles. The van der Waals surface area contributed by atoms with Crippen molar-refractivity contribution in [1.82, 2.24) is 5.43 Å². The highest BCUT2D eigenvalue weighted by molar-refractivity contribution is 5.94. The van der Waals surface area contributed by atoms with E-state index in [2.05, 4.69) is 10.5 Å². The standard InChI is InChI=1S/C10H16N2O2/c1-7(6-13)3-4-9-8(2)5-10(14)12-11-9/h3,8,13H,4-6H2,1-2H3,(H,12,14)/b7-3-. The Bertz CT molecular complexity index is 282. The molecular formula is C10H16N2O2. The van der Waals surface area contributed by atoms with E-state index in [1.165, 1.54) is 0 Å². The minimum absolute atomic E-state index is 0.0240. The van der Waals surface area contributed by atoms with Crippen molar-refractivity contribution < 1.29 is 9.90 Å². The number of nitrogens with zero attached hydrogens (tertiary/aromatic N) is 1. The van der Waals surface area contributed by atoms with Crippen LogP contribution in [0, 0.1) is 5.92 Å². The first-order valence-corrected chi connectivity index (χ1v) is 4.75. The quantitative estimate of drug-likeness (QED) is 0.657. The molecule has 0 aromatic rings. The van der Waals surface area contributed by atoms with Gasteiger partial charge in [-0.05, 0) is 6.92 Å². The first-order valence-electron chi connectivity index (χ1n) is 4.75. The normalized spacial score (nSPS) is 23.1. The molecule has 4 nitrogen and oxygen atoms in total. The Morgan fingerprint density at radius 1 is 1.79 bits per heavy atom. The number of carbonyl (C=O) groups excluding carboxylic acids is 1. The SMILES string of the molecule is C/C(=C/CC1=NNC(=O)CC1C)CO. The molecule has 1 rings (SSSR count). The highest BCUT2D eigenvalue weighted by Gasteiger charge is 2.18. The largest absolute Gasteiger partial charge is 0.392 e. The van der Waals surface area contributed by atoms with Crippen molar-refractivity contribution in [2.24, 2.45) is 11.0 Å². The van der Waals surface area contributed by atoms with E-state index in [1.807, 2.05) is 19.9 Å². The van der Waals surface area contributed by atoms with Crippen molar-refractivity contribution >= 4 is 11.6 Å². The molecule has 0 saturated carbocycles. The van der Waals surface area contributed by atoms with Gasteiger partial charge in [-0.3, -0.25) is 4.79 Å². The lowest BCUT2D eigenvalue weighted by molar-refractivity contribution is -0.121. The molecule has 0 spiro atoms. The van der Waals surface area contributed by atoms with E-state index in [4.69, 9.17) is 5.11 Å². The highest BCUT2D eigenvalue weighted by Crippen LogP contribution is 2.12. The van der Waals surface area contributed by atoms with E-state index >= 15 is 0 Å². The van der Waals surface area contributed by atoms with Gasteiger partial charge in [-0.1, -0.05) is 18.6 Å². The van der Waals surface area contributed by atoms with Gasteiger partial charge in [0.25, 0.3) is 0 Å². The van der Waals surface area contributed by atoms with Crippen molar-refractivity contribution in [3.05, 3.63) is 11.6 Å². The number of hydrazone groups is 1. The van der Waals surface area contributed by atoms with Gasteiger partial charge in [0.15, 0.2) is 0 Å². The molecule has 1 atom stereocenters. The maximum absolute atomic E-state index is 10.9. The van der Waals surface area contributed by atoms with Crippen LogP contribution in [0.2, 0.25) is 0 Å². The van der Waals surface area contributed by atoms with Crippen LogP contribution >= 0.6 is 0 Å². The lowest BCUT2D eigenvalue weighted by Gasteiger charge is -2.17. The summed E-state index contributed by atoms with van der Waals surface area (Å²) in [7, 11) is 0. The Kier molecular flexibility index (Phi) is 3.83. The number of hydrogen-bond donors (Lipinski definition) is 2. The molecule has 0 aromatic carbocycles. The number of hydrogen-bond acceptors (Lipinski definition) is 3. The maximum Gasteiger partial charge on any atom is 0.240 e. The van der Waals surface area contributed by atoms with Gasteiger partial charge in [-0.25, -0.2) is 5.43 Å². The zero-order valence-corrected chi connectivity index (χ0v) is 8.58. The number of rotatable bonds is 3. The Morgan fingerprint density at radius 2 is 2.50 bits per heavy atom. The van der Waals surface area contributed by atoms with Crippen LogP contribution in [-0.4, -0.2) is 23.3 Å². The van der Waals surface area contributed by atoms with Gasteiger partial charge in [-0.15, -0.1) is 0 Å². The predicted molar refractivity (Wildman–Crippen MR) is 54.8 cm³/mol. The molecular weight excluding hydrogens is 180 g/mol. The zero-order valence-electron chi connectivity index (χ0n) is 8.58. The molecule has 4 heteroatoms. The molecule has 1 amide bonds. The first kappa shape index (κ1) is 10.9. The van der Waals surface area contributed by atoms with E-state index in [0.29, 0.717) is 12.8 Å². The summed E-state index contributed by atoms with van der Waals surface area (Å²) in [6.07, 6.45) is 3.14. The lowest BCUT2D eigenvalue weighted by atomic mass is 9.97. The Labute approximate surface area is 83.7 Å². The zero-order chi connectivity index (χ0) is 10.6. The molecule has 14 heavy (non-hydrogen) atoms. The smallest absolute Gasteiger partial charge is 0.240 e. The minimum atomic E-state index is -0.0240. The Morgan fingerprint density at radius 3 is 3.07 bits per heavy atom. The summed E-state index contributed by atoms with van der Waals surface area (Å²) < 4.78 is 0. The van der Waals surface area contributed by atoms with Crippen LogP contribution in [0.5, 0.6) is 0 Å². The summed E-state index contributed by atoms with van der Waals surface area (Å²) in [5.74, 6) is 0.176. The van der Waals surface area contributed by atoms with Crippen LogP contribution < -0.4 is 5.43 Å². The second-order valence-electron chi connectivity index (χ2n) is 3.66. The minimum Gasteiger partial charge on any atom is -0.392 e. The van der Waals surface area contributed by atoms with Crippen molar-refractivity contribution in [2.45, 2.75) is 26.7 Å². The first-order chi connectivity index (χ1) is 6.63. The summed E-state index contributed by atoms with van der Waals surface area (Å²) in [6, 6.07) is 0. The number of amides is 1. The second kappa shape index (κ2) is 4.91.